The molecule has 3 heteroatoms. The van der Waals surface area contributed by atoms with Crippen LogP contribution in [0, 0.1) is 0 Å². The highest BCUT2D eigenvalue weighted by molar-refractivity contribution is 6.21. The normalized spacial score (nSPS) is 13.2. The SMILES string of the molecule is O=C1NCc2c(-c3ccccc3)cc3[nH]c4ccc(/C=C/c5ccccc5)cc4c3c21. The predicted molar refractivity (Wildman–Crippen MR) is 128 cm³/mol. The van der Waals surface area contributed by atoms with Crippen molar-refractivity contribution < 1.29 is 4.79 Å². The van der Waals surface area contributed by atoms with Crippen LogP contribution in [-0.2, 0) is 6.54 Å². The van der Waals surface area contributed by atoms with Crippen LogP contribution in [0.5, 0.6) is 0 Å². The molecule has 148 valence electrons. The van der Waals surface area contributed by atoms with Crippen molar-refractivity contribution in [2.24, 2.45) is 0 Å². The number of aromatic nitrogens is 1. The molecule has 2 N–H and O–H groups in total. The van der Waals surface area contributed by atoms with Crippen molar-refractivity contribution in [3.8, 4) is 11.1 Å². The first kappa shape index (κ1) is 17.7. The Morgan fingerprint density at radius 2 is 1.48 bits per heavy atom. The third kappa shape index (κ3) is 2.94. The third-order valence-electron chi connectivity index (χ3n) is 6.02. The van der Waals surface area contributed by atoms with Gasteiger partial charge < -0.3 is 10.3 Å². The van der Waals surface area contributed by atoms with E-state index in [0.29, 0.717) is 6.54 Å². The second kappa shape index (κ2) is 6.99. The van der Waals surface area contributed by atoms with E-state index in [4.69, 9.17) is 0 Å². The van der Waals surface area contributed by atoms with Crippen LogP contribution >= 0.6 is 0 Å². The predicted octanol–water partition coefficient (Wildman–Crippen LogP) is 6.40. The molecule has 5 aromatic rings. The van der Waals surface area contributed by atoms with Crippen LogP contribution in [0.2, 0.25) is 0 Å². The van der Waals surface area contributed by atoms with Crippen LogP contribution in [0.15, 0.2) is 84.9 Å². The number of carbonyl (C=O) groups is 1. The fourth-order valence-electron chi connectivity index (χ4n) is 4.55. The monoisotopic (exact) mass is 400 g/mol. The van der Waals surface area contributed by atoms with Crippen molar-refractivity contribution in [1.29, 1.82) is 0 Å². The molecule has 0 aliphatic carbocycles. The van der Waals surface area contributed by atoms with Crippen LogP contribution in [0.1, 0.15) is 27.0 Å². The van der Waals surface area contributed by atoms with Gasteiger partial charge in [-0.05, 0) is 46.0 Å². The first-order valence-corrected chi connectivity index (χ1v) is 10.5. The average Bonchev–Trinajstić information content (AvgIpc) is 3.38. The van der Waals surface area contributed by atoms with Gasteiger partial charge >= 0.3 is 0 Å². The zero-order valence-corrected chi connectivity index (χ0v) is 16.9. The van der Waals surface area contributed by atoms with Crippen molar-refractivity contribution in [3.05, 3.63) is 107 Å². The Morgan fingerprint density at radius 3 is 2.29 bits per heavy atom. The molecule has 0 saturated heterocycles. The number of hydrogen-bond donors (Lipinski definition) is 2. The number of fused-ring (bicyclic) bond motifs is 5. The van der Waals surface area contributed by atoms with Crippen molar-refractivity contribution >= 4 is 39.9 Å². The summed E-state index contributed by atoms with van der Waals surface area (Å²) in [5.74, 6) is 0.00362. The molecule has 0 radical (unpaired) electrons. The Morgan fingerprint density at radius 1 is 0.742 bits per heavy atom. The summed E-state index contributed by atoms with van der Waals surface area (Å²) in [6.07, 6.45) is 4.23. The molecule has 1 aliphatic heterocycles. The lowest BCUT2D eigenvalue weighted by Gasteiger charge is -2.09. The molecular formula is C28H20N2O. The first-order valence-electron chi connectivity index (χ1n) is 10.5. The Labute approximate surface area is 180 Å². The molecule has 1 aliphatic rings. The van der Waals surface area contributed by atoms with Gasteiger partial charge in [-0.15, -0.1) is 0 Å². The lowest BCUT2D eigenvalue weighted by Crippen LogP contribution is -2.12. The maximum atomic E-state index is 12.9. The molecule has 2 heterocycles. The zero-order valence-electron chi connectivity index (χ0n) is 16.9. The Balaban J connectivity index is 1.56. The van der Waals surface area contributed by atoms with Crippen LogP contribution in [0.4, 0.5) is 0 Å². The molecule has 3 nitrogen and oxygen atoms in total. The minimum Gasteiger partial charge on any atom is -0.354 e. The van der Waals surface area contributed by atoms with Gasteiger partial charge in [0.25, 0.3) is 5.91 Å². The smallest absolute Gasteiger partial charge is 0.252 e. The molecule has 0 saturated carbocycles. The molecule has 0 unspecified atom stereocenters. The molecule has 4 aromatic carbocycles. The van der Waals surface area contributed by atoms with Crippen LogP contribution < -0.4 is 5.32 Å². The van der Waals surface area contributed by atoms with Crippen molar-refractivity contribution in [1.82, 2.24) is 10.3 Å². The van der Waals surface area contributed by atoms with Crippen molar-refractivity contribution in [2.45, 2.75) is 6.54 Å². The fraction of sp³-hybridized carbons (Fsp3) is 0.0357. The van der Waals surface area contributed by atoms with Crippen LogP contribution in [0.25, 0.3) is 45.1 Å². The maximum absolute atomic E-state index is 12.9. The summed E-state index contributed by atoms with van der Waals surface area (Å²) in [5.41, 5.74) is 8.42. The summed E-state index contributed by atoms with van der Waals surface area (Å²) >= 11 is 0. The maximum Gasteiger partial charge on any atom is 0.252 e. The second-order valence-corrected chi connectivity index (χ2v) is 7.92. The Bertz CT molecular complexity index is 1480. The highest BCUT2D eigenvalue weighted by Gasteiger charge is 2.27. The van der Waals surface area contributed by atoms with Gasteiger partial charge in [-0.2, -0.15) is 0 Å². The quantitative estimate of drug-likeness (QED) is 0.338. The van der Waals surface area contributed by atoms with Gasteiger partial charge in [0.05, 0.1) is 5.56 Å². The van der Waals surface area contributed by atoms with E-state index in [1.165, 1.54) is 0 Å². The molecular weight excluding hydrogens is 380 g/mol. The van der Waals surface area contributed by atoms with E-state index < -0.39 is 0 Å². The summed E-state index contributed by atoms with van der Waals surface area (Å²) in [7, 11) is 0. The molecule has 0 bridgehead atoms. The van der Waals surface area contributed by atoms with Gasteiger partial charge in [0, 0.05) is 28.4 Å². The summed E-state index contributed by atoms with van der Waals surface area (Å²) in [6, 6.07) is 29.1. The lowest BCUT2D eigenvalue weighted by molar-refractivity contribution is 0.0967. The number of aromatic amines is 1. The minimum atomic E-state index is 0.00362. The molecule has 0 atom stereocenters. The van der Waals surface area contributed by atoms with Gasteiger partial charge in [0.2, 0.25) is 0 Å². The van der Waals surface area contributed by atoms with Crippen LogP contribution in [-0.4, -0.2) is 10.9 Å². The second-order valence-electron chi connectivity index (χ2n) is 7.92. The molecule has 0 spiro atoms. The van der Waals surface area contributed by atoms with Gasteiger partial charge in [-0.25, -0.2) is 0 Å². The van der Waals surface area contributed by atoms with Crippen LogP contribution in [0.3, 0.4) is 0 Å². The van der Waals surface area contributed by atoms with E-state index in [1.807, 2.05) is 36.4 Å². The summed E-state index contributed by atoms with van der Waals surface area (Å²) in [4.78, 5) is 16.4. The summed E-state index contributed by atoms with van der Waals surface area (Å²) < 4.78 is 0. The highest BCUT2D eigenvalue weighted by Crippen LogP contribution is 2.39. The Hall–Kier alpha value is -4.11. The number of hydrogen-bond acceptors (Lipinski definition) is 1. The fourth-order valence-corrected chi connectivity index (χ4v) is 4.55. The molecule has 6 rings (SSSR count). The van der Waals surface area contributed by atoms with E-state index in [2.05, 4.69) is 71.0 Å². The van der Waals surface area contributed by atoms with Gasteiger partial charge in [0.1, 0.15) is 0 Å². The standard InChI is InChI=1S/C28H20N2O/c31-28-27-23(17-29-28)21(20-9-5-2-6-10-20)16-25-26(27)22-15-19(13-14-24(22)30-25)12-11-18-7-3-1-4-8-18/h1-16,30H,17H2,(H,29,31)/b12-11+. The number of benzene rings is 4. The van der Waals surface area contributed by atoms with Crippen molar-refractivity contribution in [3.63, 3.8) is 0 Å². The Kier molecular flexibility index (Phi) is 4.00. The molecule has 1 amide bonds. The van der Waals surface area contributed by atoms with Gasteiger partial charge in [0.15, 0.2) is 0 Å². The van der Waals surface area contributed by atoms with E-state index in [1.54, 1.807) is 0 Å². The van der Waals surface area contributed by atoms with E-state index in [0.717, 1.165) is 55.2 Å². The van der Waals surface area contributed by atoms with E-state index in [-0.39, 0.29) is 5.91 Å². The van der Waals surface area contributed by atoms with Gasteiger partial charge in [-0.3, -0.25) is 4.79 Å². The molecule has 0 fully saturated rings. The number of H-pyrrole nitrogens is 1. The third-order valence-corrected chi connectivity index (χ3v) is 6.02. The number of carbonyl (C=O) groups excluding carboxylic acids is 1. The van der Waals surface area contributed by atoms with Gasteiger partial charge in [-0.1, -0.05) is 78.9 Å². The van der Waals surface area contributed by atoms with E-state index in [9.17, 15) is 4.79 Å². The minimum absolute atomic E-state index is 0.00362. The molecule has 1 aromatic heterocycles. The van der Waals surface area contributed by atoms with E-state index >= 15 is 0 Å². The lowest BCUT2D eigenvalue weighted by atomic mass is 9.93. The number of rotatable bonds is 3. The van der Waals surface area contributed by atoms with Crippen molar-refractivity contribution in [2.75, 3.05) is 0 Å². The average molecular weight is 400 g/mol. The first-order chi connectivity index (χ1) is 15.3. The topological polar surface area (TPSA) is 44.9 Å². The largest absolute Gasteiger partial charge is 0.354 e. The summed E-state index contributed by atoms with van der Waals surface area (Å²) in [6.45, 7) is 0.564. The number of nitrogens with one attached hydrogen (secondary N) is 2. The number of amides is 1. The molecule has 31 heavy (non-hydrogen) atoms. The zero-order chi connectivity index (χ0) is 20.8. The summed E-state index contributed by atoms with van der Waals surface area (Å²) in [5, 5.41) is 5.13. The highest BCUT2D eigenvalue weighted by atomic mass is 16.1.